The summed E-state index contributed by atoms with van der Waals surface area (Å²) in [5.74, 6) is 0.857. The van der Waals surface area contributed by atoms with Crippen LogP contribution in [0.2, 0.25) is 0 Å². The zero-order valence-corrected chi connectivity index (χ0v) is 17.6. The molecule has 0 saturated carbocycles. The molecule has 0 unspecified atom stereocenters. The van der Waals surface area contributed by atoms with Gasteiger partial charge in [-0.3, -0.25) is 0 Å². The largest absolute Gasteiger partial charge is 0.232 e. The minimum Gasteiger partial charge on any atom is -0.232 e. The molecule has 0 atom stereocenters. The summed E-state index contributed by atoms with van der Waals surface area (Å²) in [6, 6.07) is 32.0. The Morgan fingerprint density at radius 2 is 1.23 bits per heavy atom. The normalized spacial score (nSPS) is 11.8. The Labute approximate surface area is 177 Å². The van der Waals surface area contributed by atoms with E-state index >= 15 is 0 Å². The summed E-state index contributed by atoms with van der Waals surface area (Å²) in [5, 5.41) is 4.89. The molecular weight excluding hydrogens is 364 g/mol. The highest BCUT2D eigenvalue weighted by atomic mass is 14.9. The summed E-state index contributed by atoms with van der Waals surface area (Å²) in [6.45, 7) is 6.50. The Morgan fingerprint density at radius 3 is 2.03 bits per heavy atom. The lowest BCUT2D eigenvalue weighted by Crippen LogP contribution is -2.17. The predicted octanol–water partition coefficient (Wildman–Crippen LogP) is 7.41. The topological polar surface area (TPSA) is 25.8 Å². The fourth-order valence-electron chi connectivity index (χ4n) is 3.87. The zero-order valence-electron chi connectivity index (χ0n) is 17.6. The fraction of sp³-hybridized carbons (Fsp3) is 0.143. The van der Waals surface area contributed by atoms with E-state index in [4.69, 9.17) is 9.97 Å². The van der Waals surface area contributed by atoms with Gasteiger partial charge in [0.15, 0.2) is 0 Å². The minimum atomic E-state index is -0.147. The van der Waals surface area contributed by atoms with E-state index in [1.807, 2.05) is 0 Å². The van der Waals surface area contributed by atoms with Gasteiger partial charge in [-0.15, -0.1) is 0 Å². The van der Waals surface area contributed by atoms with Gasteiger partial charge in [0.05, 0.1) is 11.4 Å². The van der Waals surface area contributed by atoms with E-state index in [0.29, 0.717) is 0 Å². The van der Waals surface area contributed by atoms with Crippen molar-refractivity contribution in [1.29, 1.82) is 0 Å². The van der Waals surface area contributed by atoms with Crippen molar-refractivity contribution >= 4 is 21.5 Å². The Hall–Kier alpha value is -3.52. The van der Waals surface area contributed by atoms with Gasteiger partial charge in [-0.25, -0.2) is 9.97 Å². The molecule has 0 aliphatic heterocycles. The summed E-state index contributed by atoms with van der Waals surface area (Å²) >= 11 is 0. The summed E-state index contributed by atoms with van der Waals surface area (Å²) in [4.78, 5) is 9.98. The van der Waals surface area contributed by atoms with Crippen molar-refractivity contribution in [3.8, 4) is 22.5 Å². The minimum absolute atomic E-state index is 0.147. The maximum absolute atomic E-state index is 5.00. The number of nitrogens with zero attached hydrogens (tertiary/aromatic N) is 2. The van der Waals surface area contributed by atoms with E-state index in [0.717, 1.165) is 28.3 Å². The van der Waals surface area contributed by atoms with Gasteiger partial charge >= 0.3 is 0 Å². The van der Waals surface area contributed by atoms with E-state index in [1.54, 1.807) is 0 Å². The van der Waals surface area contributed by atoms with Crippen LogP contribution in [0.1, 0.15) is 26.6 Å². The lowest BCUT2D eigenvalue weighted by molar-refractivity contribution is 0.547. The van der Waals surface area contributed by atoms with Crippen molar-refractivity contribution in [1.82, 2.24) is 9.97 Å². The van der Waals surface area contributed by atoms with E-state index in [-0.39, 0.29) is 5.41 Å². The molecule has 0 radical (unpaired) electrons. The van der Waals surface area contributed by atoms with Gasteiger partial charge in [0.25, 0.3) is 0 Å². The molecule has 0 N–H and O–H groups in total. The number of fused-ring (bicyclic) bond motifs is 2. The summed E-state index contributed by atoms with van der Waals surface area (Å²) in [7, 11) is 0. The van der Waals surface area contributed by atoms with Gasteiger partial charge in [0.2, 0.25) is 0 Å². The molecule has 0 aliphatic carbocycles. The molecule has 0 aliphatic rings. The summed E-state index contributed by atoms with van der Waals surface area (Å²) in [5.41, 5.74) is 4.04. The van der Waals surface area contributed by atoms with Gasteiger partial charge < -0.3 is 0 Å². The van der Waals surface area contributed by atoms with E-state index in [1.165, 1.54) is 21.5 Å². The molecule has 0 spiro atoms. The van der Waals surface area contributed by atoms with Crippen LogP contribution < -0.4 is 0 Å². The second-order valence-corrected chi connectivity index (χ2v) is 8.80. The van der Waals surface area contributed by atoms with Crippen molar-refractivity contribution in [3.05, 3.63) is 96.8 Å². The van der Waals surface area contributed by atoms with Crippen molar-refractivity contribution in [2.24, 2.45) is 0 Å². The average Bonchev–Trinajstić information content (AvgIpc) is 2.77. The highest BCUT2D eigenvalue weighted by Gasteiger charge is 2.20. The van der Waals surface area contributed by atoms with Crippen LogP contribution in [-0.4, -0.2) is 9.97 Å². The molecule has 1 aromatic heterocycles. The number of hydrogen-bond donors (Lipinski definition) is 0. The number of benzene rings is 4. The van der Waals surface area contributed by atoms with Gasteiger partial charge in [0, 0.05) is 16.5 Å². The second kappa shape index (κ2) is 7.07. The predicted molar refractivity (Wildman–Crippen MR) is 127 cm³/mol. The molecule has 0 saturated heterocycles. The molecule has 0 amide bonds. The Kier molecular flexibility index (Phi) is 4.36. The standard InChI is InChI=1S/C28H24N2/c1-28(2,3)27-29-25(22-16-15-19-9-4-5-11-21(19)17-22)18-26(30-27)24-14-8-12-20-10-6-7-13-23(20)24/h4-18H,1-3H3. The number of hydrogen-bond acceptors (Lipinski definition) is 2. The second-order valence-electron chi connectivity index (χ2n) is 8.80. The number of aromatic nitrogens is 2. The quantitative estimate of drug-likeness (QED) is 0.314. The Bertz CT molecular complexity index is 1370. The first-order valence-corrected chi connectivity index (χ1v) is 10.4. The van der Waals surface area contributed by atoms with Crippen molar-refractivity contribution < 1.29 is 0 Å². The highest BCUT2D eigenvalue weighted by molar-refractivity contribution is 5.96. The molecule has 146 valence electrons. The van der Waals surface area contributed by atoms with E-state index < -0.39 is 0 Å². The van der Waals surface area contributed by atoms with Gasteiger partial charge in [0.1, 0.15) is 5.82 Å². The third-order valence-corrected chi connectivity index (χ3v) is 5.51. The first-order chi connectivity index (χ1) is 14.5. The molecular formula is C28H24N2. The van der Waals surface area contributed by atoms with Crippen molar-refractivity contribution in [2.45, 2.75) is 26.2 Å². The lowest BCUT2D eigenvalue weighted by atomic mass is 9.94. The van der Waals surface area contributed by atoms with Gasteiger partial charge in [-0.1, -0.05) is 99.6 Å². The fourth-order valence-corrected chi connectivity index (χ4v) is 3.87. The maximum Gasteiger partial charge on any atom is 0.135 e. The number of rotatable bonds is 2. The van der Waals surface area contributed by atoms with E-state index in [9.17, 15) is 0 Å². The monoisotopic (exact) mass is 388 g/mol. The van der Waals surface area contributed by atoms with Crippen molar-refractivity contribution in [3.63, 3.8) is 0 Å². The van der Waals surface area contributed by atoms with Crippen LogP contribution in [0.15, 0.2) is 91.0 Å². The summed E-state index contributed by atoms with van der Waals surface area (Å²) < 4.78 is 0. The SMILES string of the molecule is CC(C)(C)c1nc(-c2ccc3ccccc3c2)cc(-c2cccc3ccccc23)n1. The smallest absolute Gasteiger partial charge is 0.135 e. The van der Waals surface area contributed by atoms with Crippen LogP contribution in [-0.2, 0) is 5.41 Å². The average molecular weight is 389 g/mol. The van der Waals surface area contributed by atoms with E-state index in [2.05, 4.69) is 112 Å². The Morgan fingerprint density at radius 1 is 0.567 bits per heavy atom. The molecule has 2 heteroatoms. The van der Waals surface area contributed by atoms with Crippen LogP contribution in [0.3, 0.4) is 0 Å². The van der Waals surface area contributed by atoms with Crippen LogP contribution in [0.5, 0.6) is 0 Å². The zero-order chi connectivity index (χ0) is 20.7. The van der Waals surface area contributed by atoms with Gasteiger partial charge in [-0.05, 0) is 33.7 Å². The van der Waals surface area contributed by atoms with Crippen LogP contribution in [0, 0.1) is 0 Å². The highest BCUT2D eigenvalue weighted by Crippen LogP contribution is 2.32. The molecule has 0 fully saturated rings. The van der Waals surface area contributed by atoms with Gasteiger partial charge in [-0.2, -0.15) is 0 Å². The summed E-state index contributed by atoms with van der Waals surface area (Å²) in [6.07, 6.45) is 0. The first kappa shape index (κ1) is 18.5. The molecule has 2 nitrogen and oxygen atoms in total. The lowest BCUT2D eigenvalue weighted by Gasteiger charge is -2.19. The molecule has 0 bridgehead atoms. The van der Waals surface area contributed by atoms with Crippen LogP contribution in [0.25, 0.3) is 44.1 Å². The van der Waals surface area contributed by atoms with Crippen LogP contribution in [0.4, 0.5) is 0 Å². The first-order valence-electron chi connectivity index (χ1n) is 10.4. The molecule has 4 aromatic carbocycles. The molecule has 5 rings (SSSR count). The van der Waals surface area contributed by atoms with Crippen LogP contribution >= 0.6 is 0 Å². The molecule has 1 heterocycles. The third kappa shape index (κ3) is 3.35. The maximum atomic E-state index is 5.00. The molecule has 5 aromatic rings. The third-order valence-electron chi connectivity index (χ3n) is 5.51. The van der Waals surface area contributed by atoms with Crippen molar-refractivity contribution in [2.75, 3.05) is 0 Å². The molecule has 30 heavy (non-hydrogen) atoms. The Balaban J connectivity index is 1.76.